The molecule has 0 saturated carbocycles. The molecule has 0 atom stereocenters. The van der Waals surface area contributed by atoms with Crippen LogP contribution < -0.4 is 11.2 Å². The molecule has 1 N–H and O–H groups in total. The van der Waals surface area contributed by atoms with E-state index in [4.69, 9.17) is 16.1 Å². The number of hydrogen-bond donors (Lipinski definition) is 1. The molecule has 0 bridgehead atoms. The summed E-state index contributed by atoms with van der Waals surface area (Å²) in [6.07, 6.45) is 0. The number of nitrogens with zero attached hydrogens (tertiary/aromatic N) is 2. The molecular weight excluding hydrogens is 422 g/mol. The zero-order valence-corrected chi connectivity index (χ0v) is 17.7. The fourth-order valence-electron chi connectivity index (χ4n) is 3.02. The third kappa shape index (κ3) is 4.27. The van der Waals surface area contributed by atoms with Crippen molar-refractivity contribution in [3.8, 4) is 11.3 Å². The van der Waals surface area contributed by atoms with Gasteiger partial charge >= 0.3 is 5.69 Å². The fourth-order valence-corrected chi connectivity index (χ4v) is 4.14. The Morgan fingerprint density at radius 2 is 1.83 bits per heavy atom. The minimum Gasteiger partial charge on any atom is -0.356 e. The van der Waals surface area contributed by atoms with Crippen molar-refractivity contribution in [2.24, 2.45) is 0 Å². The van der Waals surface area contributed by atoms with E-state index >= 15 is 0 Å². The van der Waals surface area contributed by atoms with Crippen LogP contribution in [0.3, 0.4) is 0 Å². The van der Waals surface area contributed by atoms with Gasteiger partial charge in [-0.3, -0.25) is 9.36 Å². The first-order chi connectivity index (χ1) is 14.5. The van der Waals surface area contributed by atoms with Gasteiger partial charge in [-0.2, -0.15) is 0 Å². The molecule has 4 aromatic rings. The summed E-state index contributed by atoms with van der Waals surface area (Å²) >= 11 is 7.53. The van der Waals surface area contributed by atoms with Crippen LogP contribution in [0.4, 0.5) is 0 Å². The lowest BCUT2D eigenvalue weighted by molar-refractivity contribution is 0.426. The van der Waals surface area contributed by atoms with E-state index in [1.165, 1.54) is 16.3 Å². The summed E-state index contributed by atoms with van der Waals surface area (Å²) in [4.78, 5) is 28.0. The van der Waals surface area contributed by atoms with Gasteiger partial charge in [-0.15, -0.1) is 11.8 Å². The third-order valence-electron chi connectivity index (χ3n) is 4.62. The number of aromatic nitrogens is 3. The first kappa shape index (κ1) is 20.3. The van der Waals surface area contributed by atoms with E-state index in [1.54, 1.807) is 19.1 Å². The summed E-state index contributed by atoms with van der Waals surface area (Å²) in [5, 5.41) is 5.17. The summed E-state index contributed by atoms with van der Waals surface area (Å²) in [7, 11) is 0. The molecule has 2 aromatic heterocycles. The second kappa shape index (κ2) is 8.77. The van der Waals surface area contributed by atoms with Crippen LogP contribution in [0.5, 0.6) is 0 Å². The second-order valence-corrected chi connectivity index (χ2v) is 8.10. The van der Waals surface area contributed by atoms with Crippen LogP contribution in [0.25, 0.3) is 11.3 Å². The SMILES string of the molecule is Cc1c(SCc2cc(-c3ccccc3Cl)on2)[nH]c(=O)n(Cc2ccccc2)c1=O. The minimum absolute atomic E-state index is 0.227. The number of H-pyrrole nitrogens is 1. The molecule has 8 heteroatoms. The van der Waals surface area contributed by atoms with Gasteiger partial charge in [0.05, 0.1) is 22.3 Å². The Balaban J connectivity index is 1.53. The van der Waals surface area contributed by atoms with Gasteiger partial charge in [0.1, 0.15) is 0 Å². The van der Waals surface area contributed by atoms with E-state index in [1.807, 2.05) is 48.5 Å². The predicted octanol–water partition coefficient (Wildman–Crippen LogP) is 4.49. The molecule has 2 aromatic carbocycles. The van der Waals surface area contributed by atoms with E-state index in [0.717, 1.165) is 11.1 Å². The largest absolute Gasteiger partial charge is 0.356 e. The molecule has 0 aliphatic carbocycles. The monoisotopic (exact) mass is 439 g/mol. The fraction of sp³-hybridized carbons (Fsp3) is 0.136. The van der Waals surface area contributed by atoms with E-state index in [0.29, 0.717) is 32.8 Å². The van der Waals surface area contributed by atoms with Crippen molar-refractivity contribution in [2.45, 2.75) is 24.2 Å². The summed E-state index contributed by atoms with van der Waals surface area (Å²) in [5.41, 5.74) is 2.08. The highest BCUT2D eigenvalue weighted by atomic mass is 35.5. The lowest BCUT2D eigenvalue weighted by Gasteiger charge is -2.09. The molecule has 0 spiro atoms. The number of aromatic amines is 1. The maximum Gasteiger partial charge on any atom is 0.329 e. The Morgan fingerprint density at radius 3 is 2.60 bits per heavy atom. The molecule has 152 valence electrons. The third-order valence-corrected chi connectivity index (χ3v) is 6.08. The first-order valence-electron chi connectivity index (χ1n) is 9.24. The molecule has 0 amide bonds. The maximum absolute atomic E-state index is 12.7. The number of benzene rings is 2. The molecule has 0 unspecified atom stereocenters. The van der Waals surface area contributed by atoms with E-state index in [9.17, 15) is 9.59 Å². The minimum atomic E-state index is -0.436. The van der Waals surface area contributed by atoms with Crippen LogP contribution >= 0.6 is 23.4 Å². The highest BCUT2D eigenvalue weighted by Gasteiger charge is 2.14. The number of halogens is 1. The van der Waals surface area contributed by atoms with Crippen molar-refractivity contribution in [1.82, 2.24) is 14.7 Å². The van der Waals surface area contributed by atoms with E-state index in [-0.39, 0.29) is 12.1 Å². The van der Waals surface area contributed by atoms with Crippen LogP contribution in [-0.4, -0.2) is 14.7 Å². The van der Waals surface area contributed by atoms with Gasteiger partial charge < -0.3 is 9.51 Å². The van der Waals surface area contributed by atoms with Crippen LogP contribution in [0.1, 0.15) is 16.8 Å². The Bertz CT molecular complexity index is 1290. The number of thioether (sulfide) groups is 1. The standard InChI is InChI=1S/C22H18ClN3O3S/c1-14-20(24-22(28)26(21(14)27)12-15-7-3-2-4-8-15)30-13-16-11-19(29-25-16)17-9-5-6-10-18(17)23/h2-11H,12-13H2,1H3,(H,24,28). The Hall–Kier alpha value is -3.03. The highest BCUT2D eigenvalue weighted by molar-refractivity contribution is 7.98. The van der Waals surface area contributed by atoms with Crippen LogP contribution in [0.15, 0.2) is 79.8 Å². The smallest absolute Gasteiger partial charge is 0.329 e. The lowest BCUT2D eigenvalue weighted by atomic mass is 10.2. The molecule has 0 fully saturated rings. The summed E-state index contributed by atoms with van der Waals surface area (Å²) < 4.78 is 6.61. The number of nitrogens with one attached hydrogen (secondary N) is 1. The first-order valence-corrected chi connectivity index (χ1v) is 10.6. The molecule has 0 radical (unpaired) electrons. The molecular formula is C22H18ClN3O3S. The predicted molar refractivity (Wildman–Crippen MR) is 118 cm³/mol. The van der Waals surface area contributed by atoms with Gasteiger partial charge in [-0.25, -0.2) is 4.79 Å². The molecule has 0 aliphatic rings. The molecule has 0 saturated heterocycles. The van der Waals surface area contributed by atoms with Gasteiger partial charge in [0.2, 0.25) is 0 Å². The zero-order chi connectivity index (χ0) is 21.1. The molecule has 2 heterocycles. The summed E-state index contributed by atoms with van der Waals surface area (Å²) in [6, 6.07) is 18.6. The highest BCUT2D eigenvalue weighted by Crippen LogP contribution is 2.29. The van der Waals surface area contributed by atoms with Crippen molar-refractivity contribution < 1.29 is 4.52 Å². The topological polar surface area (TPSA) is 80.9 Å². The lowest BCUT2D eigenvalue weighted by Crippen LogP contribution is -2.37. The average molecular weight is 440 g/mol. The average Bonchev–Trinajstić information content (AvgIpc) is 3.22. The molecule has 6 nitrogen and oxygen atoms in total. The van der Waals surface area contributed by atoms with Crippen molar-refractivity contribution in [1.29, 1.82) is 0 Å². The van der Waals surface area contributed by atoms with Gasteiger partial charge in [0.15, 0.2) is 5.76 Å². The molecule has 4 rings (SSSR count). The number of rotatable bonds is 6. The Morgan fingerprint density at radius 1 is 1.10 bits per heavy atom. The van der Waals surface area contributed by atoms with Crippen LogP contribution in [0, 0.1) is 6.92 Å². The van der Waals surface area contributed by atoms with E-state index in [2.05, 4.69) is 10.1 Å². The normalized spacial score (nSPS) is 11.0. The van der Waals surface area contributed by atoms with E-state index < -0.39 is 5.69 Å². The number of hydrogen-bond acceptors (Lipinski definition) is 5. The second-order valence-electron chi connectivity index (χ2n) is 6.71. The van der Waals surface area contributed by atoms with Crippen molar-refractivity contribution in [3.05, 3.63) is 103 Å². The van der Waals surface area contributed by atoms with Gasteiger partial charge in [0.25, 0.3) is 5.56 Å². The van der Waals surface area contributed by atoms with Gasteiger partial charge in [-0.1, -0.05) is 59.2 Å². The Labute approximate surface area is 181 Å². The van der Waals surface area contributed by atoms with Crippen molar-refractivity contribution >= 4 is 23.4 Å². The molecule has 30 heavy (non-hydrogen) atoms. The van der Waals surface area contributed by atoms with Crippen LogP contribution in [-0.2, 0) is 12.3 Å². The summed E-state index contributed by atoms with van der Waals surface area (Å²) in [6.45, 7) is 1.94. The van der Waals surface area contributed by atoms with Crippen LogP contribution in [0.2, 0.25) is 5.02 Å². The van der Waals surface area contributed by atoms with Crippen molar-refractivity contribution in [2.75, 3.05) is 0 Å². The van der Waals surface area contributed by atoms with Gasteiger partial charge in [0, 0.05) is 22.9 Å². The Kier molecular flexibility index (Phi) is 5.92. The van der Waals surface area contributed by atoms with Crippen molar-refractivity contribution in [3.63, 3.8) is 0 Å². The zero-order valence-electron chi connectivity index (χ0n) is 16.1. The molecule has 0 aliphatic heterocycles. The van der Waals surface area contributed by atoms with Gasteiger partial charge in [-0.05, 0) is 24.6 Å². The summed E-state index contributed by atoms with van der Waals surface area (Å²) in [5.74, 6) is 1.01. The quantitative estimate of drug-likeness (QED) is 0.353. The maximum atomic E-state index is 12.7.